The van der Waals surface area contributed by atoms with E-state index >= 15 is 0 Å². The summed E-state index contributed by atoms with van der Waals surface area (Å²) in [6.45, 7) is 2.51. The summed E-state index contributed by atoms with van der Waals surface area (Å²) in [4.78, 5) is 16.9. The number of nitrogens with one attached hydrogen (secondary N) is 2. The van der Waals surface area contributed by atoms with E-state index < -0.39 is 12.0 Å². The summed E-state index contributed by atoms with van der Waals surface area (Å²) in [6, 6.07) is 21.2. The summed E-state index contributed by atoms with van der Waals surface area (Å²) in [6.07, 6.45) is 6.37. The van der Waals surface area contributed by atoms with E-state index in [9.17, 15) is 4.79 Å². The van der Waals surface area contributed by atoms with Crippen molar-refractivity contribution in [2.75, 3.05) is 6.61 Å². The number of rotatable bonds is 10. The molecule has 4 bridgehead atoms. The van der Waals surface area contributed by atoms with Crippen molar-refractivity contribution in [3.63, 3.8) is 0 Å². The Balaban J connectivity index is 1.18. The van der Waals surface area contributed by atoms with Gasteiger partial charge in [0.25, 0.3) is 0 Å². The minimum Gasteiger partial charge on any atom is -0.489 e. The number of benzene rings is 3. The second kappa shape index (κ2) is 12.7. The number of carbonyl (C=O) groups is 1. The first kappa shape index (κ1) is 30.6. The second-order valence-electron chi connectivity index (χ2n) is 13.2. The topological polar surface area (TPSA) is 107 Å². The molecule has 242 valence electrons. The average Bonchev–Trinajstić information content (AvgIpc) is 3.70. The molecule has 0 saturated heterocycles. The molecule has 0 aliphatic heterocycles. The van der Waals surface area contributed by atoms with Gasteiger partial charge in [0, 0.05) is 37.6 Å². The van der Waals surface area contributed by atoms with Crippen molar-refractivity contribution in [2.24, 2.45) is 23.7 Å². The molecule has 4 fully saturated rings. The van der Waals surface area contributed by atoms with E-state index in [0.717, 1.165) is 49.8 Å². The number of H-pyrrole nitrogens is 1. The first-order valence-electron chi connectivity index (χ1n) is 16.4. The lowest BCUT2D eigenvalue weighted by Gasteiger charge is -2.55. The quantitative estimate of drug-likeness (QED) is 0.142. The van der Waals surface area contributed by atoms with Crippen LogP contribution < -0.4 is 10.1 Å². The zero-order chi connectivity index (χ0) is 32.1. The Morgan fingerprint density at radius 3 is 2.51 bits per heavy atom. The van der Waals surface area contributed by atoms with Gasteiger partial charge in [-0.3, -0.25) is 0 Å². The lowest BCUT2D eigenvalue weighted by Crippen LogP contribution is -2.55. The van der Waals surface area contributed by atoms with Crippen molar-refractivity contribution in [2.45, 2.75) is 57.7 Å². The fourth-order valence-corrected chi connectivity index (χ4v) is 9.12. The van der Waals surface area contributed by atoms with Crippen LogP contribution in [0.15, 0.2) is 71.2 Å². The molecule has 4 saturated carbocycles. The molecule has 9 rings (SSSR count). The van der Waals surface area contributed by atoms with Crippen molar-refractivity contribution in [3.05, 3.63) is 98.9 Å². The predicted molar refractivity (Wildman–Crippen MR) is 183 cm³/mol. The number of tetrazole rings is 1. The number of fused-ring (bicyclic) bond motifs is 1. The fourth-order valence-electron chi connectivity index (χ4n) is 8.55. The molecule has 11 heteroatoms. The summed E-state index contributed by atoms with van der Waals surface area (Å²) < 4.78 is 14.4. The number of hydrogen-bond acceptors (Lipinski definition) is 7. The Bertz CT molecular complexity index is 1900. The normalized spacial score (nSPS) is 23.7. The highest BCUT2D eigenvalue weighted by Gasteiger charge is 2.49. The van der Waals surface area contributed by atoms with Crippen LogP contribution in [0.4, 0.5) is 0 Å². The predicted octanol–water partition coefficient (Wildman–Crippen LogP) is 7.82. The van der Waals surface area contributed by atoms with E-state index in [4.69, 9.17) is 21.1 Å². The molecule has 4 aliphatic carbocycles. The van der Waals surface area contributed by atoms with E-state index in [1.54, 1.807) is 4.68 Å². The molecule has 2 heterocycles. The van der Waals surface area contributed by atoms with Gasteiger partial charge >= 0.3 is 5.97 Å². The fraction of sp³-hybridized carbons (Fsp3) is 0.389. The van der Waals surface area contributed by atoms with Crippen LogP contribution in [0.2, 0.25) is 5.02 Å². The number of aromatic nitrogens is 5. The molecule has 2 aromatic heterocycles. The highest BCUT2D eigenvalue weighted by atomic mass is 79.9. The Kier molecular flexibility index (Phi) is 8.27. The van der Waals surface area contributed by atoms with Gasteiger partial charge in [0.1, 0.15) is 18.1 Å². The van der Waals surface area contributed by atoms with Gasteiger partial charge in [0.2, 0.25) is 0 Å². The van der Waals surface area contributed by atoms with Gasteiger partial charge in [-0.2, -0.15) is 4.68 Å². The minimum absolute atomic E-state index is 0.259. The highest BCUT2D eigenvalue weighted by molar-refractivity contribution is 9.10. The Labute approximate surface area is 286 Å². The molecule has 0 radical (unpaired) electrons. The van der Waals surface area contributed by atoms with E-state index in [1.807, 2.05) is 73.7 Å². The van der Waals surface area contributed by atoms with Gasteiger partial charge in [0.15, 0.2) is 5.82 Å². The van der Waals surface area contributed by atoms with E-state index in [0.29, 0.717) is 41.0 Å². The average molecular weight is 716 g/mol. The van der Waals surface area contributed by atoms with Crippen LogP contribution in [0.25, 0.3) is 16.6 Å². The summed E-state index contributed by atoms with van der Waals surface area (Å²) in [7, 11) is 0. The summed E-state index contributed by atoms with van der Waals surface area (Å²) in [5, 5.41) is 18.8. The van der Waals surface area contributed by atoms with Crippen molar-refractivity contribution in [1.82, 2.24) is 30.5 Å². The largest absolute Gasteiger partial charge is 0.489 e. The van der Waals surface area contributed by atoms with E-state index in [1.165, 1.54) is 32.1 Å². The number of hydrogen-bond donors (Lipinski definition) is 2. The van der Waals surface area contributed by atoms with Crippen LogP contribution in [-0.2, 0) is 11.3 Å². The van der Waals surface area contributed by atoms with Crippen molar-refractivity contribution < 1.29 is 14.3 Å². The zero-order valence-corrected chi connectivity index (χ0v) is 28.4. The van der Waals surface area contributed by atoms with Crippen LogP contribution in [0.1, 0.15) is 72.5 Å². The first-order valence-corrected chi connectivity index (χ1v) is 17.6. The van der Waals surface area contributed by atoms with Crippen LogP contribution >= 0.6 is 27.5 Å². The molecule has 2 N–H and O–H groups in total. The third-order valence-electron chi connectivity index (χ3n) is 10.3. The number of aromatic amines is 1. The van der Waals surface area contributed by atoms with Gasteiger partial charge in [-0.1, -0.05) is 51.8 Å². The second-order valence-corrected chi connectivity index (χ2v) is 14.5. The maximum atomic E-state index is 13.5. The van der Waals surface area contributed by atoms with Gasteiger partial charge in [-0.25, -0.2) is 4.79 Å². The lowest BCUT2D eigenvalue weighted by molar-refractivity contribution is -0.0166. The minimum atomic E-state index is -0.492. The lowest BCUT2D eigenvalue weighted by atomic mass is 9.54. The van der Waals surface area contributed by atoms with Crippen molar-refractivity contribution in [3.8, 4) is 11.4 Å². The molecular weight excluding hydrogens is 680 g/mol. The monoisotopic (exact) mass is 714 g/mol. The molecule has 5 aromatic rings. The highest BCUT2D eigenvalue weighted by Crippen LogP contribution is 2.54. The van der Waals surface area contributed by atoms with E-state index in [-0.39, 0.29) is 6.61 Å². The molecule has 1 unspecified atom stereocenters. The maximum Gasteiger partial charge on any atom is 0.355 e. The maximum absolute atomic E-state index is 13.5. The Hall–Kier alpha value is -3.73. The van der Waals surface area contributed by atoms with Gasteiger partial charge in [-0.15, -0.1) is 5.10 Å². The Morgan fingerprint density at radius 2 is 1.79 bits per heavy atom. The van der Waals surface area contributed by atoms with Gasteiger partial charge in [0.05, 0.1) is 18.3 Å². The Morgan fingerprint density at radius 1 is 1.04 bits per heavy atom. The molecule has 47 heavy (non-hydrogen) atoms. The molecule has 9 nitrogen and oxygen atoms in total. The summed E-state index contributed by atoms with van der Waals surface area (Å²) >= 11 is 10.0. The van der Waals surface area contributed by atoms with Crippen molar-refractivity contribution >= 4 is 44.4 Å². The standard InChI is InChI=1S/C36H36BrClN6O3/c1-2-46-36(45)34-31(28-12-7-25(38)18-30(28)39-34)33(40-32-23-14-20-13-21(16-23)17-24(32)15-20)35-41-42-43-44(35)26-8-10-27(11-9-26)47-19-22-5-3-4-6-29(22)37/h3-12,18,20-21,23-24,32-33,39-40H,2,13-17,19H2,1H3. The van der Waals surface area contributed by atoms with Gasteiger partial charge < -0.3 is 19.8 Å². The summed E-state index contributed by atoms with van der Waals surface area (Å²) in [5.74, 6) is 3.75. The van der Waals surface area contributed by atoms with Crippen LogP contribution in [0.5, 0.6) is 5.75 Å². The number of carbonyl (C=O) groups excluding carboxylic acids is 1. The molecule has 0 spiro atoms. The summed E-state index contributed by atoms with van der Waals surface area (Å²) in [5.41, 5.74) is 3.77. The van der Waals surface area contributed by atoms with Crippen molar-refractivity contribution in [1.29, 1.82) is 0 Å². The van der Waals surface area contributed by atoms with Crippen LogP contribution in [-0.4, -0.2) is 43.8 Å². The third-order valence-corrected chi connectivity index (χ3v) is 11.3. The zero-order valence-electron chi connectivity index (χ0n) is 26.0. The molecule has 4 aliphatic rings. The molecular formula is C36H36BrClN6O3. The number of nitrogens with zero attached hydrogens (tertiary/aromatic N) is 4. The van der Waals surface area contributed by atoms with E-state index in [2.05, 4.69) is 41.8 Å². The third kappa shape index (κ3) is 5.85. The smallest absolute Gasteiger partial charge is 0.355 e. The first-order chi connectivity index (χ1) is 22.9. The molecule has 0 amide bonds. The van der Waals surface area contributed by atoms with Crippen LogP contribution in [0.3, 0.4) is 0 Å². The number of halogens is 2. The van der Waals surface area contributed by atoms with Gasteiger partial charge in [-0.05, 0) is 116 Å². The van der Waals surface area contributed by atoms with Crippen LogP contribution in [0, 0.1) is 23.7 Å². The number of ether oxygens (including phenoxy) is 2. The molecule has 1 atom stereocenters. The number of esters is 1. The SMILES string of the molecule is CCOC(=O)c1[nH]c2cc(Cl)ccc2c1C(NC1C2CC3CC(C2)CC1C3)c1nnnn1-c1ccc(OCc2ccccc2Br)cc1. The molecule has 3 aromatic carbocycles.